The number of thioether (sulfide) groups is 1. The maximum absolute atomic E-state index is 12.8. The molecular formula is C22H23ClN2O5S2. The van der Waals surface area contributed by atoms with Gasteiger partial charge >= 0.3 is 0 Å². The number of ether oxygens (including phenoxy) is 2. The molecule has 0 radical (unpaired) electrons. The molecule has 0 spiro atoms. The van der Waals surface area contributed by atoms with Gasteiger partial charge in [0.15, 0.2) is 26.5 Å². The Labute approximate surface area is 196 Å². The smallest absolute Gasteiger partial charge is 0.252 e. The highest BCUT2D eigenvalue weighted by Gasteiger charge is 2.48. The molecule has 0 N–H and O–H groups in total. The summed E-state index contributed by atoms with van der Waals surface area (Å²) in [5.41, 5.74) is 1.73. The number of methoxy groups -OCH3 is 2. The van der Waals surface area contributed by atoms with E-state index in [9.17, 15) is 13.2 Å². The van der Waals surface area contributed by atoms with Crippen LogP contribution in [0.1, 0.15) is 11.1 Å². The summed E-state index contributed by atoms with van der Waals surface area (Å²) >= 11 is 7.36. The quantitative estimate of drug-likeness (QED) is 0.609. The second-order valence-electron chi connectivity index (χ2n) is 7.71. The molecule has 0 aromatic heterocycles. The Morgan fingerprint density at radius 3 is 2.47 bits per heavy atom. The van der Waals surface area contributed by atoms with Crippen molar-refractivity contribution < 1.29 is 22.7 Å². The van der Waals surface area contributed by atoms with Crippen LogP contribution in [0.2, 0.25) is 5.02 Å². The van der Waals surface area contributed by atoms with Crippen LogP contribution in [0.15, 0.2) is 47.5 Å². The molecule has 32 heavy (non-hydrogen) atoms. The summed E-state index contributed by atoms with van der Waals surface area (Å²) in [5, 5.41) is 1.07. The number of aliphatic imine (C=N–C) groups is 1. The average Bonchev–Trinajstić information content (AvgIpc) is 3.21. The third kappa shape index (κ3) is 5.05. The van der Waals surface area contributed by atoms with E-state index in [1.165, 1.54) is 11.8 Å². The molecule has 2 atom stereocenters. The van der Waals surface area contributed by atoms with Crippen LogP contribution in [0.4, 0.5) is 0 Å². The lowest BCUT2D eigenvalue weighted by Gasteiger charge is -2.24. The van der Waals surface area contributed by atoms with Crippen molar-refractivity contribution in [2.45, 2.75) is 24.3 Å². The van der Waals surface area contributed by atoms with Gasteiger partial charge in [0.2, 0.25) is 0 Å². The summed E-state index contributed by atoms with van der Waals surface area (Å²) in [5.74, 6) is 1.00. The molecule has 0 bridgehead atoms. The van der Waals surface area contributed by atoms with E-state index in [-0.39, 0.29) is 35.1 Å². The Bertz CT molecular complexity index is 1150. The van der Waals surface area contributed by atoms with E-state index in [0.29, 0.717) is 28.2 Å². The van der Waals surface area contributed by atoms with Gasteiger partial charge in [0.1, 0.15) is 0 Å². The fourth-order valence-corrected chi connectivity index (χ4v) is 8.01. The van der Waals surface area contributed by atoms with E-state index in [0.717, 1.165) is 11.1 Å². The Morgan fingerprint density at radius 2 is 1.78 bits per heavy atom. The molecule has 0 saturated carbocycles. The molecule has 7 nitrogen and oxygen atoms in total. The first-order valence-electron chi connectivity index (χ1n) is 9.98. The molecule has 2 aliphatic heterocycles. The minimum absolute atomic E-state index is 0.0706. The van der Waals surface area contributed by atoms with Crippen LogP contribution in [-0.2, 0) is 27.6 Å². The van der Waals surface area contributed by atoms with Gasteiger partial charge in [-0.3, -0.25) is 4.79 Å². The molecule has 2 aromatic carbocycles. The second kappa shape index (κ2) is 9.33. The van der Waals surface area contributed by atoms with Crippen molar-refractivity contribution in [3.05, 3.63) is 58.6 Å². The number of hydrogen-bond donors (Lipinski definition) is 0. The molecule has 4 rings (SSSR count). The van der Waals surface area contributed by atoms with Gasteiger partial charge in [-0.2, -0.15) is 4.99 Å². The standard InChI is InChI=1S/C22H23ClN2O5S2/c1-29-18-8-5-15(9-19(18)30-2)10-21(26)24-22-25(11-14-3-6-16(23)7-4-14)17-12-32(27,28)13-20(17)31-22/h3-9,17,20H,10-13H2,1-2H3/t17-,20-/m1/s1. The Morgan fingerprint density at radius 1 is 1.09 bits per heavy atom. The van der Waals surface area contributed by atoms with Crippen molar-refractivity contribution in [3.8, 4) is 11.5 Å². The monoisotopic (exact) mass is 494 g/mol. The largest absolute Gasteiger partial charge is 0.493 e. The third-order valence-electron chi connectivity index (χ3n) is 5.46. The van der Waals surface area contributed by atoms with Gasteiger partial charge in [0.05, 0.1) is 38.2 Å². The van der Waals surface area contributed by atoms with Crippen LogP contribution in [-0.4, -0.2) is 61.4 Å². The summed E-state index contributed by atoms with van der Waals surface area (Å²) in [6.07, 6.45) is 0.104. The first kappa shape index (κ1) is 22.9. The number of carbonyl (C=O) groups excluding carboxylic acids is 1. The number of fused-ring (bicyclic) bond motifs is 1. The summed E-state index contributed by atoms with van der Waals surface area (Å²) in [6.45, 7) is 0.462. The number of sulfone groups is 1. The van der Waals surface area contributed by atoms with Crippen molar-refractivity contribution in [3.63, 3.8) is 0 Å². The SMILES string of the molecule is COc1ccc(CC(=O)N=C2S[C@@H]3CS(=O)(=O)C[C@H]3N2Cc2ccc(Cl)cc2)cc1OC. The minimum Gasteiger partial charge on any atom is -0.493 e. The first-order chi connectivity index (χ1) is 15.3. The molecule has 1 amide bonds. The topological polar surface area (TPSA) is 85.3 Å². The Kier molecular flexibility index (Phi) is 6.69. The Balaban J connectivity index is 1.56. The molecular weight excluding hydrogens is 472 g/mol. The molecule has 2 aliphatic rings. The highest BCUT2D eigenvalue weighted by atomic mass is 35.5. The minimum atomic E-state index is -3.10. The number of carbonyl (C=O) groups is 1. The van der Waals surface area contributed by atoms with E-state index >= 15 is 0 Å². The highest BCUT2D eigenvalue weighted by molar-refractivity contribution is 8.15. The van der Waals surface area contributed by atoms with Crippen molar-refractivity contribution in [1.82, 2.24) is 4.90 Å². The maximum Gasteiger partial charge on any atom is 0.252 e. The maximum atomic E-state index is 12.8. The third-order valence-corrected chi connectivity index (χ3v) is 8.96. The lowest BCUT2D eigenvalue weighted by atomic mass is 10.1. The number of rotatable bonds is 6. The lowest BCUT2D eigenvalue weighted by molar-refractivity contribution is -0.117. The van der Waals surface area contributed by atoms with Gasteiger partial charge in [-0.15, -0.1) is 0 Å². The fourth-order valence-electron chi connectivity index (χ4n) is 3.92. The summed E-state index contributed by atoms with van der Waals surface area (Å²) < 4.78 is 34.9. The van der Waals surface area contributed by atoms with Crippen molar-refractivity contribution in [1.29, 1.82) is 0 Å². The van der Waals surface area contributed by atoms with Crippen LogP contribution >= 0.6 is 23.4 Å². The van der Waals surface area contributed by atoms with Crippen molar-refractivity contribution >= 4 is 44.3 Å². The van der Waals surface area contributed by atoms with Gasteiger partial charge in [-0.1, -0.05) is 41.6 Å². The van der Waals surface area contributed by atoms with Gasteiger partial charge < -0.3 is 14.4 Å². The molecule has 0 aliphatic carbocycles. The van der Waals surface area contributed by atoms with Gasteiger partial charge in [0, 0.05) is 16.8 Å². The molecule has 2 saturated heterocycles. The zero-order valence-corrected chi connectivity index (χ0v) is 20.0. The lowest BCUT2D eigenvalue weighted by Crippen LogP contribution is -2.37. The number of nitrogens with zero attached hydrogens (tertiary/aromatic N) is 2. The molecule has 2 aromatic rings. The summed E-state index contributed by atoms with van der Waals surface area (Å²) in [4.78, 5) is 19.1. The Hall–Kier alpha value is -2.23. The molecule has 0 unspecified atom stereocenters. The zero-order chi connectivity index (χ0) is 22.9. The van der Waals surface area contributed by atoms with Crippen LogP contribution in [0.25, 0.3) is 0 Å². The fraction of sp³-hybridized carbons (Fsp3) is 0.364. The zero-order valence-electron chi connectivity index (χ0n) is 17.7. The number of hydrogen-bond acceptors (Lipinski definition) is 6. The average molecular weight is 495 g/mol. The molecule has 2 fully saturated rings. The predicted molar refractivity (Wildman–Crippen MR) is 127 cm³/mol. The summed E-state index contributed by atoms with van der Waals surface area (Å²) in [7, 11) is -0.00565. The van der Waals surface area contributed by atoms with Crippen LogP contribution < -0.4 is 9.47 Å². The van der Waals surface area contributed by atoms with Gasteiger partial charge in [-0.25, -0.2) is 8.42 Å². The predicted octanol–water partition coefficient (Wildman–Crippen LogP) is 3.20. The number of halogens is 1. The van der Waals surface area contributed by atoms with Gasteiger partial charge in [-0.05, 0) is 35.4 Å². The molecule has 2 heterocycles. The van der Waals surface area contributed by atoms with E-state index in [1.807, 2.05) is 17.0 Å². The van der Waals surface area contributed by atoms with E-state index in [2.05, 4.69) is 4.99 Å². The second-order valence-corrected chi connectivity index (χ2v) is 11.5. The normalized spacial score (nSPS) is 22.7. The van der Waals surface area contributed by atoms with Gasteiger partial charge in [0.25, 0.3) is 5.91 Å². The number of amidine groups is 1. The van der Waals surface area contributed by atoms with Crippen LogP contribution in [0.3, 0.4) is 0 Å². The van der Waals surface area contributed by atoms with Crippen LogP contribution in [0.5, 0.6) is 11.5 Å². The number of benzene rings is 2. The number of amides is 1. The first-order valence-corrected chi connectivity index (χ1v) is 13.1. The summed E-state index contributed by atoms with van der Waals surface area (Å²) in [6, 6.07) is 12.5. The van der Waals surface area contributed by atoms with Crippen molar-refractivity contribution in [2.75, 3.05) is 25.7 Å². The van der Waals surface area contributed by atoms with E-state index in [4.69, 9.17) is 21.1 Å². The molecule has 170 valence electrons. The van der Waals surface area contributed by atoms with Crippen LogP contribution in [0, 0.1) is 0 Å². The highest BCUT2D eigenvalue weighted by Crippen LogP contribution is 2.39. The van der Waals surface area contributed by atoms with Crippen molar-refractivity contribution in [2.24, 2.45) is 4.99 Å². The molecule has 10 heteroatoms. The van der Waals surface area contributed by atoms with E-state index < -0.39 is 9.84 Å². The van der Waals surface area contributed by atoms with E-state index in [1.54, 1.807) is 44.6 Å².